The molecule has 3 heteroatoms. The average molecular weight is 678 g/mol. The summed E-state index contributed by atoms with van der Waals surface area (Å²) in [6.45, 7) is 15.0. The molecule has 6 aromatic rings. The second-order valence-electron chi connectivity index (χ2n) is 14.1. The van der Waals surface area contributed by atoms with Gasteiger partial charge in [0.1, 0.15) is 0 Å². The van der Waals surface area contributed by atoms with E-state index in [1.807, 2.05) is 6.08 Å². The summed E-state index contributed by atoms with van der Waals surface area (Å²) in [5.74, 6) is 0.427. The van der Waals surface area contributed by atoms with Crippen LogP contribution in [0.5, 0.6) is 0 Å². The van der Waals surface area contributed by atoms with Crippen LogP contribution in [0.3, 0.4) is 0 Å². The summed E-state index contributed by atoms with van der Waals surface area (Å²) in [6, 6.07) is 50.9. The molecule has 1 aliphatic carbocycles. The van der Waals surface area contributed by atoms with Crippen molar-refractivity contribution in [3.63, 3.8) is 0 Å². The van der Waals surface area contributed by atoms with Crippen molar-refractivity contribution in [2.75, 3.05) is 14.7 Å². The molecule has 0 N–H and O–H groups in total. The van der Waals surface area contributed by atoms with Crippen LogP contribution in [0.15, 0.2) is 170 Å². The minimum absolute atomic E-state index is 0.427. The Balaban J connectivity index is 1.56. The molecule has 3 nitrogen and oxygen atoms in total. The topological polar surface area (TPSA) is 9.72 Å². The third kappa shape index (κ3) is 7.50. The van der Waals surface area contributed by atoms with Crippen molar-refractivity contribution in [3.8, 4) is 0 Å². The van der Waals surface area contributed by atoms with Gasteiger partial charge in [-0.15, -0.1) is 0 Å². The van der Waals surface area contributed by atoms with E-state index >= 15 is 0 Å². The van der Waals surface area contributed by atoms with Gasteiger partial charge in [0.05, 0.1) is 11.4 Å². The highest BCUT2D eigenvalue weighted by Crippen LogP contribution is 2.46. The number of hydrogen-bond donors (Lipinski definition) is 0. The molecule has 1 atom stereocenters. The zero-order valence-corrected chi connectivity index (χ0v) is 30.9. The fourth-order valence-corrected chi connectivity index (χ4v) is 7.19. The summed E-state index contributed by atoms with van der Waals surface area (Å²) in [7, 11) is 0. The van der Waals surface area contributed by atoms with Crippen LogP contribution in [0.25, 0.3) is 6.08 Å². The van der Waals surface area contributed by atoms with Gasteiger partial charge in [-0.1, -0.05) is 92.4 Å². The van der Waals surface area contributed by atoms with Crippen molar-refractivity contribution >= 4 is 51.6 Å². The SMILES string of the molecule is C=Cc1cccc(N(c2cccc(C)c2)c2cc(N(C3=CC=CC(C)C3)c3cccc(C)c3)cc(N(c3cccc(C)c3)c3cccc(C)c3)c2)c1. The largest absolute Gasteiger partial charge is 0.314 e. The standard InChI is InChI=1S/C49H47N3/c1-7-40-19-13-25-46(31-40)52(45-24-12-18-39(6)30-45)49-33-47(50(41-20-8-14-35(2)26-41)42-21-9-15-36(3)27-42)32-48(34-49)51(43-22-10-16-37(4)28-43)44-23-11-17-38(5)29-44/h7-28,30-34,38H,1,29H2,2-6H3. The minimum atomic E-state index is 0.427. The van der Waals surface area contributed by atoms with E-state index in [0.29, 0.717) is 5.92 Å². The molecule has 0 bridgehead atoms. The third-order valence-corrected chi connectivity index (χ3v) is 9.61. The van der Waals surface area contributed by atoms with Gasteiger partial charge in [-0.3, -0.25) is 0 Å². The maximum Gasteiger partial charge on any atom is 0.0503 e. The molecule has 0 amide bonds. The van der Waals surface area contributed by atoms with Crippen molar-refractivity contribution < 1.29 is 0 Å². The highest BCUT2D eigenvalue weighted by molar-refractivity contribution is 5.88. The van der Waals surface area contributed by atoms with Crippen LogP contribution in [-0.4, -0.2) is 0 Å². The molecule has 6 aromatic carbocycles. The Labute approximate surface area is 310 Å². The summed E-state index contributed by atoms with van der Waals surface area (Å²) >= 11 is 0. The van der Waals surface area contributed by atoms with Crippen molar-refractivity contribution in [3.05, 3.63) is 198 Å². The van der Waals surface area contributed by atoms with Gasteiger partial charge >= 0.3 is 0 Å². The predicted molar refractivity (Wildman–Crippen MR) is 224 cm³/mol. The molecule has 258 valence electrons. The Morgan fingerprint density at radius 2 is 0.865 bits per heavy atom. The van der Waals surface area contributed by atoms with Gasteiger partial charge in [0.2, 0.25) is 0 Å². The van der Waals surface area contributed by atoms with Crippen LogP contribution in [0.4, 0.5) is 45.5 Å². The smallest absolute Gasteiger partial charge is 0.0503 e. The van der Waals surface area contributed by atoms with E-state index < -0.39 is 0 Å². The van der Waals surface area contributed by atoms with Gasteiger partial charge in [-0.25, -0.2) is 0 Å². The van der Waals surface area contributed by atoms with Gasteiger partial charge in [-0.2, -0.15) is 0 Å². The Morgan fingerprint density at radius 1 is 0.481 bits per heavy atom. The number of benzene rings is 6. The van der Waals surface area contributed by atoms with Crippen molar-refractivity contribution in [1.82, 2.24) is 0 Å². The first-order valence-corrected chi connectivity index (χ1v) is 18.2. The summed E-state index contributed by atoms with van der Waals surface area (Å²) < 4.78 is 0. The Morgan fingerprint density at radius 3 is 1.27 bits per heavy atom. The number of rotatable bonds is 10. The molecule has 0 heterocycles. The quantitative estimate of drug-likeness (QED) is 0.143. The zero-order valence-electron chi connectivity index (χ0n) is 30.9. The molecule has 7 rings (SSSR count). The molecule has 1 aliphatic rings. The molecule has 0 aromatic heterocycles. The Kier molecular flexibility index (Phi) is 9.95. The van der Waals surface area contributed by atoms with Gasteiger partial charge in [0, 0.05) is 39.8 Å². The first kappa shape index (κ1) is 34.4. The zero-order chi connectivity index (χ0) is 36.2. The van der Waals surface area contributed by atoms with E-state index in [-0.39, 0.29) is 0 Å². The highest BCUT2D eigenvalue weighted by Gasteiger charge is 2.24. The summed E-state index contributed by atoms with van der Waals surface area (Å²) in [4.78, 5) is 7.23. The monoisotopic (exact) mass is 677 g/mol. The van der Waals surface area contributed by atoms with Crippen LogP contribution in [0.1, 0.15) is 41.2 Å². The first-order chi connectivity index (χ1) is 25.2. The highest BCUT2D eigenvalue weighted by atomic mass is 15.2. The molecule has 52 heavy (non-hydrogen) atoms. The van der Waals surface area contributed by atoms with Crippen molar-refractivity contribution in [2.24, 2.45) is 5.92 Å². The lowest BCUT2D eigenvalue weighted by molar-refractivity contribution is 0.696. The van der Waals surface area contributed by atoms with Crippen LogP contribution < -0.4 is 14.7 Å². The van der Waals surface area contributed by atoms with Crippen LogP contribution in [-0.2, 0) is 0 Å². The predicted octanol–water partition coefficient (Wildman–Crippen LogP) is 14.1. The van der Waals surface area contributed by atoms with Gasteiger partial charge < -0.3 is 14.7 Å². The fourth-order valence-electron chi connectivity index (χ4n) is 7.19. The van der Waals surface area contributed by atoms with Gasteiger partial charge in [0.25, 0.3) is 0 Å². The molecule has 0 aliphatic heterocycles. The molecule has 0 saturated heterocycles. The van der Waals surface area contributed by atoms with Crippen molar-refractivity contribution in [1.29, 1.82) is 0 Å². The third-order valence-electron chi connectivity index (χ3n) is 9.61. The second-order valence-corrected chi connectivity index (χ2v) is 14.1. The number of anilines is 8. The molecule has 0 fully saturated rings. The van der Waals surface area contributed by atoms with Crippen LogP contribution >= 0.6 is 0 Å². The molecule has 0 saturated carbocycles. The van der Waals surface area contributed by atoms with E-state index in [9.17, 15) is 0 Å². The van der Waals surface area contributed by atoms with Gasteiger partial charge in [-0.05, 0) is 153 Å². The lowest BCUT2D eigenvalue weighted by Crippen LogP contribution is -2.21. The number of allylic oxidation sites excluding steroid dienone is 4. The van der Waals surface area contributed by atoms with Crippen LogP contribution in [0.2, 0.25) is 0 Å². The summed E-state index contributed by atoms with van der Waals surface area (Å²) in [5.41, 5.74) is 15.9. The molecular formula is C49H47N3. The normalized spacial score (nSPS) is 13.7. The molecule has 0 spiro atoms. The summed E-state index contributed by atoms with van der Waals surface area (Å²) in [6.07, 6.45) is 9.64. The van der Waals surface area contributed by atoms with Crippen molar-refractivity contribution in [2.45, 2.75) is 41.0 Å². The maximum absolute atomic E-state index is 4.10. The number of nitrogens with zero attached hydrogens (tertiary/aromatic N) is 3. The molecule has 0 radical (unpaired) electrons. The first-order valence-electron chi connectivity index (χ1n) is 18.2. The average Bonchev–Trinajstić information content (AvgIpc) is 3.12. The fraction of sp³-hybridized carbons (Fsp3) is 0.143. The maximum atomic E-state index is 4.10. The van der Waals surface area contributed by atoms with Crippen LogP contribution in [0, 0.1) is 33.6 Å². The van der Waals surface area contributed by atoms with Gasteiger partial charge in [0.15, 0.2) is 0 Å². The Bertz CT molecular complexity index is 2250. The minimum Gasteiger partial charge on any atom is -0.314 e. The van der Waals surface area contributed by atoms with E-state index in [2.05, 4.69) is 214 Å². The Hall–Kier alpha value is -6.06. The second kappa shape index (κ2) is 15.0. The van der Waals surface area contributed by atoms with E-state index in [1.54, 1.807) is 0 Å². The lowest BCUT2D eigenvalue weighted by atomic mass is 9.98. The molecule has 1 unspecified atom stereocenters. The lowest BCUT2D eigenvalue weighted by Gasteiger charge is -2.35. The number of aryl methyl sites for hydroxylation is 4. The van der Waals surface area contributed by atoms with E-state index in [0.717, 1.165) is 57.5 Å². The van der Waals surface area contributed by atoms with E-state index in [1.165, 1.54) is 28.0 Å². The molecular weight excluding hydrogens is 631 g/mol. The number of hydrogen-bond acceptors (Lipinski definition) is 3. The van der Waals surface area contributed by atoms with E-state index in [4.69, 9.17) is 0 Å². The summed E-state index contributed by atoms with van der Waals surface area (Å²) in [5, 5.41) is 0.